The van der Waals surface area contributed by atoms with Crippen LogP contribution in [-0.2, 0) is 21.1 Å². The van der Waals surface area contributed by atoms with E-state index in [9.17, 15) is 9.00 Å². The molecule has 2 aromatic carbocycles. The lowest BCUT2D eigenvalue weighted by atomic mass is 9.86. The number of nitrogens with zero attached hydrogens (tertiary/aromatic N) is 2. The summed E-state index contributed by atoms with van der Waals surface area (Å²) in [4.78, 5) is 19.8. The van der Waals surface area contributed by atoms with Gasteiger partial charge in [-0.25, -0.2) is 9.20 Å². The molecule has 5 nitrogen and oxygen atoms in total. The number of guanidine groups is 1. The lowest BCUT2D eigenvalue weighted by Crippen LogP contribution is -2.47. The van der Waals surface area contributed by atoms with E-state index in [0.29, 0.717) is 0 Å². The van der Waals surface area contributed by atoms with Crippen molar-refractivity contribution in [3.8, 4) is 23.0 Å². The number of carbonyl (C=O) groups excluding carboxylic acids is 1. The van der Waals surface area contributed by atoms with E-state index in [1.807, 2.05) is 43.3 Å². The highest BCUT2D eigenvalue weighted by Gasteiger charge is 2.37. The summed E-state index contributed by atoms with van der Waals surface area (Å²) in [5.41, 5.74) is 8.78. The first kappa shape index (κ1) is 17.5. The van der Waals surface area contributed by atoms with E-state index in [4.69, 9.17) is 5.73 Å². The highest BCUT2D eigenvalue weighted by molar-refractivity contribution is 7.85. The predicted molar refractivity (Wildman–Crippen MR) is 105 cm³/mol. The summed E-state index contributed by atoms with van der Waals surface area (Å²) in [7, 11) is 0.409. The van der Waals surface area contributed by atoms with Crippen molar-refractivity contribution in [1.82, 2.24) is 4.90 Å². The SMILES string of the molecule is CC#Cc1ccc2c(c1)-c1cc([C@]3(C)CC(=O)N(C)C(N)=N3)ccc1S2=O. The van der Waals surface area contributed by atoms with Crippen LogP contribution in [0.25, 0.3) is 11.1 Å². The van der Waals surface area contributed by atoms with Crippen LogP contribution in [0, 0.1) is 11.8 Å². The quantitative estimate of drug-likeness (QED) is 0.662. The Hall–Kier alpha value is -2.91. The lowest BCUT2D eigenvalue weighted by molar-refractivity contribution is -0.128. The zero-order chi connectivity index (χ0) is 19.3. The minimum absolute atomic E-state index is 0.0741. The molecule has 0 bridgehead atoms. The molecule has 2 N–H and O–H groups in total. The third-order valence-corrected chi connectivity index (χ3v) is 6.63. The average Bonchev–Trinajstić information content (AvgIpc) is 2.92. The number of nitrogens with two attached hydrogens (primary N) is 1. The third-order valence-electron chi connectivity index (χ3n) is 5.11. The van der Waals surface area contributed by atoms with Crippen molar-refractivity contribution in [1.29, 1.82) is 0 Å². The van der Waals surface area contributed by atoms with Gasteiger partial charge in [0.1, 0.15) is 0 Å². The molecule has 0 aliphatic carbocycles. The molecule has 0 radical (unpaired) electrons. The molecular formula is C21H19N3O2S. The number of amides is 1. The van der Waals surface area contributed by atoms with Gasteiger partial charge in [0.15, 0.2) is 5.96 Å². The number of carbonyl (C=O) groups is 1. The molecule has 0 saturated heterocycles. The van der Waals surface area contributed by atoms with Gasteiger partial charge in [0.2, 0.25) is 5.91 Å². The second-order valence-corrected chi connectivity index (χ2v) is 8.36. The van der Waals surface area contributed by atoms with Gasteiger partial charge in [-0.05, 0) is 55.3 Å². The standard InChI is InChI=1S/C21H19N3O2S/c1-4-5-13-6-8-17-15(10-13)16-11-14(7-9-18(16)27(17)26)21(2)12-19(25)24(3)20(22)23-21/h6-11H,12H2,1-3H3,(H2,22,23)/t21-,27?/m0/s1. The molecular weight excluding hydrogens is 358 g/mol. The number of hydrogen-bond acceptors (Lipinski definition) is 4. The molecule has 0 saturated carbocycles. The Bertz CT molecular complexity index is 1110. The molecule has 4 rings (SSSR count). The van der Waals surface area contributed by atoms with Crippen LogP contribution in [0.2, 0.25) is 0 Å². The normalized spacial score (nSPS) is 23.2. The van der Waals surface area contributed by atoms with Gasteiger partial charge in [-0.15, -0.1) is 5.92 Å². The van der Waals surface area contributed by atoms with Gasteiger partial charge in [-0.1, -0.05) is 12.0 Å². The Balaban J connectivity index is 1.87. The molecule has 2 aromatic rings. The summed E-state index contributed by atoms with van der Waals surface area (Å²) in [5.74, 6) is 6.07. The second-order valence-electron chi connectivity index (χ2n) is 6.94. The van der Waals surface area contributed by atoms with Crippen LogP contribution < -0.4 is 5.73 Å². The van der Waals surface area contributed by atoms with Gasteiger partial charge in [-0.3, -0.25) is 9.69 Å². The first-order chi connectivity index (χ1) is 12.8. The molecule has 2 heterocycles. The Morgan fingerprint density at radius 3 is 2.52 bits per heavy atom. The van der Waals surface area contributed by atoms with Crippen LogP contribution in [0.3, 0.4) is 0 Å². The van der Waals surface area contributed by atoms with Gasteiger partial charge in [0, 0.05) is 18.2 Å². The first-order valence-corrected chi connectivity index (χ1v) is 9.74. The maximum atomic E-state index is 12.8. The van der Waals surface area contributed by atoms with E-state index in [2.05, 4.69) is 16.8 Å². The smallest absolute Gasteiger partial charge is 0.231 e. The number of rotatable bonds is 1. The molecule has 0 fully saturated rings. The van der Waals surface area contributed by atoms with Crippen LogP contribution in [0.1, 0.15) is 31.4 Å². The first-order valence-electron chi connectivity index (χ1n) is 8.59. The van der Waals surface area contributed by atoms with Crippen LogP contribution >= 0.6 is 0 Å². The highest BCUT2D eigenvalue weighted by atomic mass is 32.2. The molecule has 0 aromatic heterocycles. The predicted octanol–water partition coefficient (Wildman–Crippen LogP) is 2.60. The summed E-state index contributed by atoms with van der Waals surface area (Å²) in [6, 6.07) is 11.5. The van der Waals surface area contributed by atoms with E-state index < -0.39 is 16.3 Å². The minimum Gasteiger partial charge on any atom is -0.369 e. The largest absolute Gasteiger partial charge is 0.369 e. The van der Waals surface area contributed by atoms with Crippen molar-refractivity contribution in [3.05, 3.63) is 47.5 Å². The van der Waals surface area contributed by atoms with E-state index in [1.165, 1.54) is 4.90 Å². The van der Waals surface area contributed by atoms with Crippen LogP contribution in [0.5, 0.6) is 0 Å². The minimum atomic E-state index is -1.22. The Morgan fingerprint density at radius 2 is 1.85 bits per heavy atom. The Labute approximate surface area is 160 Å². The summed E-state index contributed by atoms with van der Waals surface area (Å²) < 4.78 is 12.8. The van der Waals surface area contributed by atoms with Crippen molar-refractivity contribution in [3.63, 3.8) is 0 Å². The van der Waals surface area contributed by atoms with E-state index in [-0.39, 0.29) is 18.3 Å². The lowest BCUT2D eigenvalue weighted by Gasteiger charge is -2.33. The van der Waals surface area contributed by atoms with Gasteiger partial charge in [0.25, 0.3) is 0 Å². The summed E-state index contributed by atoms with van der Waals surface area (Å²) in [6.45, 7) is 3.69. The van der Waals surface area contributed by atoms with E-state index in [1.54, 1.807) is 14.0 Å². The van der Waals surface area contributed by atoms with Crippen molar-refractivity contribution in [2.24, 2.45) is 10.7 Å². The topological polar surface area (TPSA) is 75.8 Å². The van der Waals surface area contributed by atoms with Crippen LogP contribution in [-0.4, -0.2) is 28.0 Å². The van der Waals surface area contributed by atoms with Crippen molar-refractivity contribution in [2.75, 3.05) is 7.05 Å². The Kier molecular flexibility index (Phi) is 3.93. The van der Waals surface area contributed by atoms with Gasteiger partial charge in [0.05, 0.1) is 32.6 Å². The molecule has 2 aliphatic rings. The molecule has 0 spiro atoms. The summed E-state index contributed by atoms with van der Waals surface area (Å²) >= 11 is 0. The fraction of sp³-hybridized carbons (Fsp3) is 0.238. The molecule has 136 valence electrons. The van der Waals surface area contributed by atoms with Gasteiger partial charge < -0.3 is 5.73 Å². The van der Waals surface area contributed by atoms with Crippen molar-refractivity contribution >= 4 is 22.7 Å². The fourth-order valence-corrected chi connectivity index (χ4v) is 4.91. The van der Waals surface area contributed by atoms with E-state index >= 15 is 0 Å². The number of benzene rings is 2. The monoisotopic (exact) mass is 377 g/mol. The third kappa shape index (κ3) is 2.66. The number of fused-ring (bicyclic) bond motifs is 3. The summed E-state index contributed by atoms with van der Waals surface area (Å²) in [5, 5.41) is 0. The Morgan fingerprint density at radius 1 is 1.19 bits per heavy atom. The van der Waals surface area contributed by atoms with Crippen LogP contribution in [0.15, 0.2) is 51.2 Å². The van der Waals surface area contributed by atoms with Gasteiger partial charge in [-0.2, -0.15) is 0 Å². The fourth-order valence-electron chi connectivity index (χ4n) is 3.55. The molecule has 2 aliphatic heterocycles. The zero-order valence-electron chi connectivity index (χ0n) is 15.4. The number of aliphatic imine (C=N–C) groups is 1. The maximum absolute atomic E-state index is 12.8. The van der Waals surface area contributed by atoms with Crippen molar-refractivity contribution < 1.29 is 9.00 Å². The number of hydrogen-bond donors (Lipinski definition) is 1. The van der Waals surface area contributed by atoms with Crippen molar-refractivity contribution in [2.45, 2.75) is 35.6 Å². The molecule has 1 unspecified atom stereocenters. The second kappa shape index (κ2) is 6.07. The zero-order valence-corrected chi connectivity index (χ0v) is 16.2. The summed E-state index contributed by atoms with van der Waals surface area (Å²) in [6.07, 6.45) is 0.236. The average molecular weight is 377 g/mol. The highest BCUT2D eigenvalue weighted by Crippen LogP contribution is 2.44. The molecule has 1 amide bonds. The molecule has 27 heavy (non-hydrogen) atoms. The maximum Gasteiger partial charge on any atom is 0.231 e. The molecule has 2 atom stereocenters. The van der Waals surface area contributed by atoms with Gasteiger partial charge >= 0.3 is 0 Å². The molecule has 6 heteroatoms. The van der Waals surface area contributed by atoms with Crippen LogP contribution in [0.4, 0.5) is 0 Å². The van der Waals surface area contributed by atoms with E-state index in [0.717, 1.165) is 32.0 Å².